The Morgan fingerprint density at radius 3 is 2.45 bits per heavy atom. The Hall–Kier alpha value is -4.05. The Labute approximate surface area is 270 Å². The van der Waals surface area contributed by atoms with E-state index < -0.39 is 59.1 Å². The van der Waals surface area contributed by atoms with Crippen LogP contribution in [0.2, 0.25) is 0 Å². The lowest BCUT2D eigenvalue weighted by Crippen LogP contribution is -2.58. The van der Waals surface area contributed by atoms with E-state index in [1.165, 1.54) is 13.3 Å². The molecule has 1 aromatic heterocycles. The van der Waals surface area contributed by atoms with E-state index >= 15 is 0 Å². The zero-order valence-corrected chi connectivity index (χ0v) is 26.6. The van der Waals surface area contributed by atoms with Crippen LogP contribution in [-0.4, -0.2) is 82.2 Å². The van der Waals surface area contributed by atoms with Crippen LogP contribution in [0.3, 0.4) is 0 Å². The van der Waals surface area contributed by atoms with E-state index in [4.69, 9.17) is 9.47 Å². The monoisotopic (exact) mass is 683 g/mol. The van der Waals surface area contributed by atoms with E-state index in [0.717, 1.165) is 17.8 Å². The number of aliphatic imine (C=N–C) groups is 1. The number of amides is 2. The smallest absolute Gasteiger partial charge is 0.416 e. The minimum atomic E-state index is -5.10. The number of fused-ring (bicyclic) bond motifs is 1. The lowest BCUT2D eigenvalue weighted by atomic mass is 9.92. The Balaban J connectivity index is 1.51. The molecule has 9 nitrogen and oxygen atoms in total. The molecule has 3 aromatic rings. The number of carbonyl (C=O) groups is 2. The molecule has 47 heavy (non-hydrogen) atoms. The standard InChI is InChI=1S/C31H31F6N5O4S/c1-29(2,3)46-28(44)42-10-9-41(15-21(42)16-45-4)27-39-26(43)25(47-27)22(17-6-8-24-19(11-17)14-38-40-24)12-18-5-7-20(30(32,33)34)13-23(18)31(35,36)37/h5-8,11,13-14,21H,9-10,12,15-16H2,1-4H3,(H,38,40)/t21-/m1/s1. The molecule has 1 saturated heterocycles. The van der Waals surface area contributed by atoms with Gasteiger partial charge in [0.1, 0.15) is 5.60 Å². The Morgan fingerprint density at radius 2 is 1.79 bits per heavy atom. The van der Waals surface area contributed by atoms with Crippen LogP contribution < -0.4 is 0 Å². The molecule has 2 aliphatic heterocycles. The number of methoxy groups -OCH3 is 1. The van der Waals surface area contributed by atoms with Crippen molar-refractivity contribution in [2.75, 3.05) is 33.4 Å². The van der Waals surface area contributed by atoms with Crippen LogP contribution in [0.25, 0.3) is 16.5 Å². The third-order valence-electron chi connectivity index (χ3n) is 7.50. The first-order valence-electron chi connectivity index (χ1n) is 14.4. The number of hydrogen-bond donors (Lipinski definition) is 1. The minimum absolute atomic E-state index is 0.0359. The predicted molar refractivity (Wildman–Crippen MR) is 163 cm³/mol. The summed E-state index contributed by atoms with van der Waals surface area (Å²) in [6.07, 6.45) is -9.61. The van der Waals surface area contributed by atoms with Gasteiger partial charge in [0.25, 0.3) is 5.91 Å². The number of aromatic amines is 1. The molecule has 0 unspecified atom stereocenters. The van der Waals surface area contributed by atoms with Gasteiger partial charge in [-0.2, -0.15) is 36.4 Å². The molecule has 3 heterocycles. The first-order chi connectivity index (χ1) is 21.9. The number of nitrogens with one attached hydrogen (secondary N) is 1. The molecule has 1 N–H and O–H groups in total. The number of alkyl halides is 6. The molecule has 2 aromatic carbocycles. The van der Waals surface area contributed by atoms with E-state index in [1.807, 2.05) is 0 Å². The summed E-state index contributed by atoms with van der Waals surface area (Å²) in [6.45, 7) is 6.14. The third-order valence-corrected chi connectivity index (χ3v) is 8.65. The topological polar surface area (TPSA) is 100 Å². The van der Waals surface area contributed by atoms with Crippen molar-refractivity contribution in [1.29, 1.82) is 0 Å². The van der Waals surface area contributed by atoms with Gasteiger partial charge in [0.05, 0.1) is 40.4 Å². The number of nitrogens with zero attached hydrogens (tertiary/aromatic N) is 4. The highest BCUT2D eigenvalue weighted by atomic mass is 32.2. The summed E-state index contributed by atoms with van der Waals surface area (Å²) in [5.74, 6) is -0.703. The molecule has 0 spiro atoms. The number of rotatable bonds is 5. The van der Waals surface area contributed by atoms with Crippen molar-refractivity contribution in [3.63, 3.8) is 0 Å². The molecule has 1 fully saturated rings. The molecule has 0 bridgehead atoms. The first kappa shape index (κ1) is 34.3. The third kappa shape index (κ3) is 7.75. The molecule has 0 radical (unpaired) electrons. The van der Waals surface area contributed by atoms with Gasteiger partial charge in [0.2, 0.25) is 0 Å². The Morgan fingerprint density at radius 1 is 1.04 bits per heavy atom. The first-order valence-corrected chi connectivity index (χ1v) is 15.2. The second-order valence-corrected chi connectivity index (χ2v) is 13.0. The highest BCUT2D eigenvalue weighted by Crippen LogP contribution is 2.42. The second-order valence-electron chi connectivity index (χ2n) is 12.1. The molecule has 2 aliphatic rings. The van der Waals surface area contributed by atoms with Crippen molar-refractivity contribution in [3.05, 3.63) is 69.8 Å². The number of carbonyl (C=O) groups excluding carboxylic acids is 2. The van der Waals surface area contributed by atoms with Gasteiger partial charge in [-0.1, -0.05) is 12.1 Å². The van der Waals surface area contributed by atoms with E-state index in [0.29, 0.717) is 22.5 Å². The number of hydrogen-bond acceptors (Lipinski definition) is 7. The maximum absolute atomic E-state index is 14.1. The lowest BCUT2D eigenvalue weighted by Gasteiger charge is -2.41. The number of allylic oxidation sites excluding steroid dienone is 1. The molecule has 0 aliphatic carbocycles. The molecule has 5 rings (SSSR count). The van der Waals surface area contributed by atoms with Gasteiger partial charge >= 0.3 is 18.4 Å². The minimum Gasteiger partial charge on any atom is -0.444 e. The van der Waals surface area contributed by atoms with Crippen LogP contribution in [0.1, 0.15) is 43.0 Å². The van der Waals surface area contributed by atoms with Crippen LogP contribution in [0, 0.1) is 0 Å². The zero-order valence-electron chi connectivity index (χ0n) is 25.8. The fourth-order valence-electron chi connectivity index (χ4n) is 5.35. The van der Waals surface area contributed by atoms with Crippen LogP contribution in [0.5, 0.6) is 0 Å². The van der Waals surface area contributed by atoms with E-state index in [-0.39, 0.29) is 48.0 Å². The molecular formula is C31H31F6N5O4S. The van der Waals surface area contributed by atoms with Crippen LogP contribution >= 0.6 is 11.8 Å². The van der Waals surface area contributed by atoms with Crippen LogP contribution in [0.4, 0.5) is 31.1 Å². The van der Waals surface area contributed by atoms with Gasteiger partial charge in [-0.25, -0.2) is 4.79 Å². The summed E-state index contributed by atoms with van der Waals surface area (Å²) in [6, 6.07) is 5.89. The molecule has 0 saturated carbocycles. The zero-order chi connectivity index (χ0) is 34.3. The SMILES string of the molecule is COC[C@H]1CN(C2=NC(=O)C(=C(Cc3ccc(C(F)(F)F)cc3C(F)(F)F)c3ccc4[nH]ncc4c3)S2)CCN1C(=O)OC(C)(C)C. The van der Waals surface area contributed by atoms with Gasteiger partial charge in [-0.3, -0.25) is 14.8 Å². The number of thioether (sulfide) groups is 1. The van der Waals surface area contributed by atoms with Gasteiger partial charge < -0.3 is 14.4 Å². The molecule has 252 valence electrons. The number of halogens is 6. The Bertz CT molecular complexity index is 1740. The molecule has 16 heteroatoms. The summed E-state index contributed by atoms with van der Waals surface area (Å²) < 4.78 is 93.4. The maximum Gasteiger partial charge on any atom is 0.416 e. The summed E-state index contributed by atoms with van der Waals surface area (Å²) in [5.41, 5.74) is -2.87. The van der Waals surface area contributed by atoms with Crippen LogP contribution in [-0.2, 0) is 33.0 Å². The van der Waals surface area contributed by atoms with Crippen molar-refractivity contribution >= 4 is 45.4 Å². The molecule has 1 atom stereocenters. The average molecular weight is 684 g/mol. The van der Waals surface area contributed by atoms with Crippen molar-refractivity contribution in [2.24, 2.45) is 4.99 Å². The highest BCUT2D eigenvalue weighted by Gasteiger charge is 2.40. The normalized spacial score (nSPS) is 19.0. The van der Waals surface area contributed by atoms with Crippen molar-refractivity contribution < 1.29 is 45.4 Å². The largest absolute Gasteiger partial charge is 0.444 e. The second kappa shape index (κ2) is 12.9. The van der Waals surface area contributed by atoms with Crippen LogP contribution in [0.15, 0.2) is 52.5 Å². The van der Waals surface area contributed by atoms with Crippen molar-refractivity contribution in [2.45, 2.75) is 51.2 Å². The van der Waals surface area contributed by atoms with Crippen molar-refractivity contribution in [1.82, 2.24) is 20.0 Å². The van der Waals surface area contributed by atoms with E-state index in [9.17, 15) is 35.9 Å². The maximum atomic E-state index is 14.1. The van der Waals surface area contributed by atoms with Gasteiger partial charge in [0.15, 0.2) is 5.17 Å². The molecule has 2 amide bonds. The summed E-state index contributed by atoms with van der Waals surface area (Å²) >= 11 is 0.961. The number of piperazine rings is 1. The number of ether oxygens (including phenoxy) is 2. The summed E-state index contributed by atoms with van der Waals surface area (Å²) in [4.78, 5) is 33.9. The highest BCUT2D eigenvalue weighted by molar-refractivity contribution is 8.18. The summed E-state index contributed by atoms with van der Waals surface area (Å²) in [5, 5.41) is 7.64. The number of aromatic nitrogens is 2. The number of H-pyrrole nitrogens is 1. The van der Waals surface area contributed by atoms with E-state index in [1.54, 1.807) is 48.8 Å². The van der Waals surface area contributed by atoms with Gasteiger partial charge in [0, 0.05) is 32.1 Å². The Kier molecular flexibility index (Phi) is 9.38. The van der Waals surface area contributed by atoms with E-state index in [2.05, 4.69) is 15.2 Å². The van der Waals surface area contributed by atoms with Crippen molar-refractivity contribution in [3.8, 4) is 0 Å². The molecular weight excluding hydrogens is 652 g/mol. The fourth-order valence-corrected chi connectivity index (χ4v) is 6.40. The van der Waals surface area contributed by atoms with Gasteiger partial charge in [-0.05, 0) is 79.9 Å². The summed E-state index contributed by atoms with van der Waals surface area (Å²) in [7, 11) is 1.48. The lowest BCUT2D eigenvalue weighted by molar-refractivity contribution is -0.143. The average Bonchev–Trinajstić information content (AvgIpc) is 3.60. The quantitative estimate of drug-likeness (QED) is 0.235. The number of amidine groups is 1. The van der Waals surface area contributed by atoms with Gasteiger partial charge in [-0.15, -0.1) is 0 Å². The number of benzene rings is 2. The predicted octanol–water partition coefficient (Wildman–Crippen LogP) is 6.75. The fraction of sp³-hybridized carbons (Fsp3) is 0.419.